The van der Waals surface area contributed by atoms with Crippen molar-refractivity contribution in [3.63, 3.8) is 0 Å². The van der Waals surface area contributed by atoms with E-state index in [9.17, 15) is 0 Å². The summed E-state index contributed by atoms with van der Waals surface area (Å²) in [5, 5.41) is 0.750. The van der Waals surface area contributed by atoms with Gasteiger partial charge in [0.15, 0.2) is 0 Å². The lowest BCUT2D eigenvalue weighted by atomic mass is 10.1. The van der Waals surface area contributed by atoms with E-state index in [0.29, 0.717) is 11.9 Å². The highest BCUT2D eigenvalue weighted by molar-refractivity contribution is 6.30. The second-order valence-electron chi connectivity index (χ2n) is 3.95. The van der Waals surface area contributed by atoms with E-state index in [-0.39, 0.29) is 0 Å². The van der Waals surface area contributed by atoms with Crippen LogP contribution in [0.3, 0.4) is 0 Å². The average molecular weight is 260 g/mol. The molecule has 0 aliphatic heterocycles. The van der Waals surface area contributed by atoms with Crippen molar-refractivity contribution in [1.82, 2.24) is 0 Å². The number of hydrogen-bond acceptors (Lipinski definition) is 1. The van der Waals surface area contributed by atoms with Crippen LogP contribution in [0.2, 0.25) is 5.02 Å². The summed E-state index contributed by atoms with van der Waals surface area (Å²) in [7, 11) is 0. The summed E-state index contributed by atoms with van der Waals surface area (Å²) < 4.78 is 0. The van der Waals surface area contributed by atoms with Gasteiger partial charge in [0.25, 0.3) is 0 Å². The van der Waals surface area contributed by atoms with Crippen LogP contribution < -0.4 is 4.90 Å². The van der Waals surface area contributed by atoms with Gasteiger partial charge in [-0.25, -0.2) is 0 Å². The predicted octanol–water partition coefficient (Wildman–Crippen LogP) is 4.70. The van der Waals surface area contributed by atoms with Crippen LogP contribution in [0.4, 0.5) is 5.69 Å². The van der Waals surface area contributed by atoms with Crippen LogP contribution >= 0.6 is 23.2 Å². The number of alkyl halides is 1. The largest absolute Gasteiger partial charge is 0.369 e. The fourth-order valence-corrected chi connectivity index (χ4v) is 2.29. The summed E-state index contributed by atoms with van der Waals surface area (Å²) in [6, 6.07) is 6.47. The van der Waals surface area contributed by atoms with Crippen molar-refractivity contribution >= 4 is 28.9 Å². The second kappa shape index (κ2) is 6.36. The minimum absolute atomic E-state index is 0.503. The van der Waals surface area contributed by atoms with Gasteiger partial charge < -0.3 is 4.90 Å². The Labute approximate surface area is 108 Å². The molecular formula is C13H19Cl2N. The monoisotopic (exact) mass is 259 g/mol. The van der Waals surface area contributed by atoms with Gasteiger partial charge in [0.2, 0.25) is 0 Å². The molecule has 0 fully saturated rings. The first-order chi connectivity index (χ1) is 7.63. The summed E-state index contributed by atoms with van der Waals surface area (Å²) in [5.74, 6) is 0.503. The molecule has 0 aromatic heterocycles. The lowest BCUT2D eigenvalue weighted by Gasteiger charge is -2.31. The number of rotatable bonds is 5. The Morgan fingerprint density at radius 2 is 2.00 bits per heavy atom. The minimum atomic E-state index is 0.503. The summed E-state index contributed by atoms with van der Waals surface area (Å²) in [6.07, 6.45) is 1.12. The maximum absolute atomic E-state index is 5.98. The Hall–Kier alpha value is -0.400. The molecule has 0 aliphatic rings. The van der Waals surface area contributed by atoms with Crippen LogP contribution in [0.5, 0.6) is 0 Å². The van der Waals surface area contributed by atoms with Crippen LogP contribution in [-0.4, -0.2) is 12.6 Å². The Bertz CT molecular complexity index is 339. The van der Waals surface area contributed by atoms with Gasteiger partial charge in [-0.1, -0.05) is 18.5 Å². The fourth-order valence-electron chi connectivity index (χ4n) is 1.88. The first-order valence-corrected chi connectivity index (χ1v) is 6.66. The zero-order valence-electron chi connectivity index (χ0n) is 10.1. The topological polar surface area (TPSA) is 3.24 Å². The molecule has 0 bridgehead atoms. The molecular weight excluding hydrogens is 241 g/mol. The molecule has 0 aliphatic carbocycles. The summed E-state index contributed by atoms with van der Waals surface area (Å²) in [4.78, 5) is 2.37. The Morgan fingerprint density at radius 1 is 1.31 bits per heavy atom. The zero-order valence-corrected chi connectivity index (χ0v) is 11.6. The normalized spacial score (nSPS) is 12.6. The molecule has 0 saturated carbocycles. The molecule has 1 aromatic carbocycles. The van der Waals surface area contributed by atoms with Gasteiger partial charge in [-0.15, -0.1) is 11.6 Å². The summed E-state index contributed by atoms with van der Waals surface area (Å²) in [5.41, 5.74) is 2.31. The third kappa shape index (κ3) is 3.05. The molecule has 0 amide bonds. The van der Waals surface area contributed by atoms with Crippen LogP contribution in [-0.2, 0) is 5.88 Å². The zero-order chi connectivity index (χ0) is 12.1. The molecule has 16 heavy (non-hydrogen) atoms. The highest BCUT2D eigenvalue weighted by Crippen LogP contribution is 2.27. The minimum Gasteiger partial charge on any atom is -0.369 e. The standard InChI is InChI=1S/C13H19Cl2N/c1-4-10(3)16(5-2)13-7-6-12(15)8-11(13)9-14/h6-8,10H,4-5,9H2,1-3H3. The van der Waals surface area contributed by atoms with Gasteiger partial charge in [-0.2, -0.15) is 0 Å². The van der Waals surface area contributed by atoms with E-state index in [1.54, 1.807) is 0 Å². The number of halogens is 2. The van der Waals surface area contributed by atoms with E-state index in [1.165, 1.54) is 5.69 Å². The molecule has 1 rings (SSSR count). The van der Waals surface area contributed by atoms with Crippen LogP contribution in [0, 0.1) is 0 Å². The van der Waals surface area contributed by atoms with Crippen molar-refractivity contribution in [2.24, 2.45) is 0 Å². The summed E-state index contributed by atoms with van der Waals surface area (Å²) >= 11 is 11.9. The van der Waals surface area contributed by atoms with E-state index in [1.807, 2.05) is 12.1 Å². The molecule has 0 radical (unpaired) electrons. The van der Waals surface area contributed by atoms with Crippen LogP contribution in [0.25, 0.3) is 0 Å². The van der Waals surface area contributed by atoms with E-state index < -0.39 is 0 Å². The quantitative estimate of drug-likeness (QED) is 0.693. The lowest BCUT2D eigenvalue weighted by molar-refractivity contribution is 0.628. The van der Waals surface area contributed by atoms with E-state index >= 15 is 0 Å². The van der Waals surface area contributed by atoms with Crippen molar-refractivity contribution < 1.29 is 0 Å². The summed E-state index contributed by atoms with van der Waals surface area (Å²) in [6.45, 7) is 7.58. The van der Waals surface area contributed by atoms with E-state index in [2.05, 4.69) is 31.7 Å². The molecule has 3 heteroatoms. The van der Waals surface area contributed by atoms with Crippen LogP contribution in [0.15, 0.2) is 18.2 Å². The first kappa shape index (κ1) is 13.7. The highest BCUT2D eigenvalue weighted by atomic mass is 35.5. The molecule has 1 nitrogen and oxygen atoms in total. The molecule has 90 valence electrons. The van der Waals surface area contributed by atoms with Crippen molar-refractivity contribution in [3.8, 4) is 0 Å². The highest BCUT2D eigenvalue weighted by Gasteiger charge is 2.14. The average Bonchev–Trinajstić information content (AvgIpc) is 2.31. The number of hydrogen-bond donors (Lipinski definition) is 0. The molecule has 1 unspecified atom stereocenters. The van der Waals surface area contributed by atoms with E-state index in [4.69, 9.17) is 23.2 Å². The van der Waals surface area contributed by atoms with Gasteiger partial charge in [0.05, 0.1) is 0 Å². The van der Waals surface area contributed by atoms with Crippen molar-refractivity contribution in [1.29, 1.82) is 0 Å². The maximum Gasteiger partial charge on any atom is 0.0495 e. The first-order valence-electron chi connectivity index (χ1n) is 5.75. The number of anilines is 1. The van der Waals surface area contributed by atoms with E-state index in [0.717, 1.165) is 23.6 Å². The number of benzene rings is 1. The van der Waals surface area contributed by atoms with Crippen molar-refractivity contribution in [2.45, 2.75) is 39.1 Å². The van der Waals surface area contributed by atoms with Crippen molar-refractivity contribution in [3.05, 3.63) is 28.8 Å². The third-order valence-electron chi connectivity index (χ3n) is 2.96. The Morgan fingerprint density at radius 3 is 2.50 bits per heavy atom. The van der Waals surface area contributed by atoms with Gasteiger partial charge >= 0.3 is 0 Å². The second-order valence-corrected chi connectivity index (χ2v) is 4.65. The number of nitrogens with zero attached hydrogens (tertiary/aromatic N) is 1. The maximum atomic E-state index is 5.98. The smallest absolute Gasteiger partial charge is 0.0495 e. The molecule has 0 saturated heterocycles. The van der Waals surface area contributed by atoms with Gasteiger partial charge in [0, 0.05) is 29.2 Å². The Balaban J connectivity index is 3.08. The van der Waals surface area contributed by atoms with Gasteiger partial charge in [-0.05, 0) is 44.0 Å². The van der Waals surface area contributed by atoms with Crippen LogP contribution in [0.1, 0.15) is 32.8 Å². The Kier molecular flexibility index (Phi) is 5.43. The molecule has 0 N–H and O–H groups in total. The fraction of sp³-hybridized carbons (Fsp3) is 0.538. The molecule has 0 spiro atoms. The van der Waals surface area contributed by atoms with Crippen molar-refractivity contribution in [2.75, 3.05) is 11.4 Å². The molecule has 0 heterocycles. The predicted molar refractivity (Wildman–Crippen MR) is 73.8 cm³/mol. The van der Waals surface area contributed by atoms with Gasteiger partial charge in [-0.3, -0.25) is 0 Å². The third-order valence-corrected chi connectivity index (χ3v) is 3.48. The van der Waals surface area contributed by atoms with Gasteiger partial charge in [0.1, 0.15) is 0 Å². The SMILES string of the molecule is CCC(C)N(CC)c1ccc(Cl)cc1CCl. The lowest BCUT2D eigenvalue weighted by Crippen LogP contribution is -2.32. The molecule has 1 atom stereocenters. The molecule has 1 aromatic rings.